The Labute approximate surface area is 125 Å². The molecule has 0 unspecified atom stereocenters. The molecule has 0 radical (unpaired) electrons. The van der Waals surface area contributed by atoms with Crippen molar-refractivity contribution < 1.29 is 4.74 Å². The molecule has 0 fully saturated rings. The predicted octanol–water partition coefficient (Wildman–Crippen LogP) is 3.39. The van der Waals surface area contributed by atoms with E-state index in [4.69, 9.17) is 10.5 Å². The Morgan fingerprint density at radius 1 is 0.789 bits per heavy atom. The number of hydrogen-bond donors (Lipinski definition) is 1. The molecule has 0 saturated heterocycles. The molecule has 3 heteroatoms. The molecule has 2 nitrogen and oxygen atoms in total. The standard InChI is InChI=1S/C16H19NO.BrH/c17-12-10-15-6-8-16(9-7-15)18-13-11-14-4-2-1-3-5-14;/h1-9H,10-13,17H2;1H. The summed E-state index contributed by atoms with van der Waals surface area (Å²) in [6, 6.07) is 18.5. The van der Waals surface area contributed by atoms with E-state index in [2.05, 4.69) is 36.4 Å². The second-order valence-electron chi connectivity index (χ2n) is 4.27. The Balaban J connectivity index is 0.00000180. The van der Waals surface area contributed by atoms with Gasteiger partial charge < -0.3 is 10.5 Å². The van der Waals surface area contributed by atoms with Gasteiger partial charge in [0.05, 0.1) is 6.61 Å². The first-order chi connectivity index (χ1) is 8.88. The first kappa shape index (κ1) is 15.7. The van der Waals surface area contributed by atoms with Gasteiger partial charge >= 0.3 is 0 Å². The third-order valence-electron chi connectivity index (χ3n) is 2.86. The molecule has 2 N–H and O–H groups in total. The maximum absolute atomic E-state index is 5.71. The summed E-state index contributed by atoms with van der Waals surface area (Å²) in [7, 11) is 0. The summed E-state index contributed by atoms with van der Waals surface area (Å²) < 4.78 is 5.71. The zero-order chi connectivity index (χ0) is 12.6. The smallest absolute Gasteiger partial charge is 0.119 e. The van der Waals surface area contributed by atoms with Crippen molar-refractivity contribution in [2.24, 2.45) is 5.73 Å². The highest BCUT2D eigenvalue weighted by molar-refractivity contribution is 8.93. The summed E-state index contributed by atoms with van der Waals surface area (Å²) in [5.74, 6) is 0.923. The Morgan fingerprint density at radius 2 is 1.42 bits per heavy atom. The van der Waals surface area contributed by atoms with Gasteiger partial charge in [-0.2, -0.15) is 0 Å². The van der Waals surface area contributed by atoms with Gasteiger partial charge in [0.2, 0.25) is 0 Å². The summed E-state index contributed by atoms with van der Waals surface area (Å²) >= 11 is 0. The van der Waals surface area contributed by atoms with Crippen molar-refractivity contribution in [3.8, 4) is 5.75 Å². The maximum atomic E-state index is 5.71. The largest absolute Gasteiger partial charge is 0.493 e. The van der Waals surface area contributed by atoms with Crippen LogP contribution in [0, 0.1) is 0 Å². The van der Waals surface area contributed by atoms with Crippen molar-refractivity contribution in [3.63, 3.8) is 0 Å². The third kappa shape index (κ3) is 5.45. The molecule has 0 aromatic heterocycles. The molecule has 19 heavy (non-hydrogen) atoms. The molecule has 2 rings (SSSR count). The van der Waals surface area contributed by atoms with E-state index < -0.39 is 0 Å². The van der Waals surface area contributed by atoms with Gasteiger partial charge in [-0.15, -0.1) is 17.0 Å². The summed E-state index contributed by atoms with van der Waals surface area (Å²) in [5, 5.41) is 0. The van der Waals surface area contributed by atoms with Crippen LogP contribution in [0.15, 0.2) is 54.6 Å². The fourth-order valence-corrected chi connectivity index (χ4v) is 1.85. The molecule has 0 spiro atoms. The molecule has 2 aromatic carbocycles. The lowest BCUT2D eigenvalue weighted by atomic mass is 10.1. The first-order valence-electron chi connectivity index (χ1n) is 6.34. The van der Waals surface area contributed by atoms with E-state index in [9.17, 15) is 0 Å². The zero-order valence-corrected chi connectivity index (χ0v) is 12.6. The normalized spacial score (nSPS) is 9.74. The molecular formula is C16H20BrNO. The van der Waals surface area contributed by atoms with Crippen molar-refractivity contribution in [3.05, 3.63) is 65.7 Å². The van der Waals surface area contributed by atoms with Gasteiger partial charge in [-0.25, -0.2) is 0 Å². The van der Waals surface area contributed by atoms with Crippen LogP contribution < -0.4 is 10.5 Å². The monoisotopic (exact) mass is 321 g/mol. The van der Waals surface area contributed by atoms with Gasteiger partial charge in [0, 0.05) is 6.42 Å². The van der Waals surface area contributed by atoms with Crippen molar-refractivity contribution in [2.45, 2.75) is 12.8 Å². The summed E-state index contributed by atoms with van der Waals surface area (Å²) in [5.41, 5.74) is 8.07. The highest BCUT2D eigenvalue weighted by Gasteiger charge is 1.96. The molecule has 0 amide bonds. The number of hydrogen-bond acceptors (Lipinski definition) is 2. The van der Waals surface area contributed by atoms with Crippen LogP contribution in [0.3, 0.4) is 0 Å². The van der Waals surface area contributed by atoms with E-state index in [-0.39, 0.29) is 17.0 Å². The maximum Gasteiger partial charge on any atom is 0.119 e. The van der Waals surface area contributed by atoms with E-state index in [1.807, 2.05) is 18.2 Å². The highest BCUT2D eigenvalue weighted by atomic mass is 79.9. The van der Waals surface area contributed by atoms with Gasteiger partial charge in [-0.1, -0.05) is 42.5 Å². The van der Waals surface area contributed by atoms with E-state index >= 15 is 0 Å². The first-order valence-corrected chi connectivity index (χ1v) is 6.34. The molecule has 102 valence electrons. The Morgan fingerprint density at radius 3 is 2.05 bits per heavy atom. The Kier molecular flexibility index (Phi) is 7.23. The number of benzene rings is 2. The summed E-state index contributed by atoms with van der Waals surface area (Å²) in [6.07, 6.45) is 1.86. The van der Waals surface area contributed by atoms with Crippen LogP contribution in [-0.4, -0.2) is 13.2 Å². The minimum Gasteiger partial charge on any atom is -0.493 e. The number of rotatable bonds is 6. The van der Waals surface area contributed by atoms with Crippen LogP contribution >= 0.6 is 17.0 Å². The molecule has 0 saturated carbocycles. The molecular weight excluding hydrogens is 302 g/mol. The van der Waals surface area contributed by atoms with Crippen LogP contribution in [0.25, 0.3) is 0 Å². The Hall–Kier alpha value is -1.32. The molecule has 0 heterocycles. The van der Waals surface area contributed by atoms with Crippen LogP contribution in [0.5, 0.6) is 5.75 Å². The van der Waals surface area contributed by atoms with Crippen molar-refractivity contribution in [1.82, 2.24) is 0 Å². The molecule has 0 aliphatic heterocycles. The quantitative estimate of drug-likeness (QED) is 0.885. The Bertz CT molecular complexity index is 456. The van der Waals surface area contributed by atoms with Crippen LogP contribution in [0.2, 0.25) is 0 Å². The second-order valence-corrected chi connectivity index (χ2v) is 4.27. The zero-order valence-electron chi connectivity index (χ0n) is 10.9. The second kappa shape index (κ2) is 8.73. The van der Waals surface area contributed by atoms with Gasteiger partial charge in [0.25, 0.3) is 0 Å². The average molecular weight is 322 g/mol. The number of nitrogens with two attached hydrogens (primary N) is 1. The van der Waals surface area contributed by atoms with E-state index in [0.29, 0.717) is 13.2 Å². The fraction of sp³-hybridized carbons (Fsp3) is 0.250. The van der Waals surface area contributed by atoms with Gasteiger partial charge in [-0.3, -0.25) is 0 Å². The van der Waals surface area contributed by atoms with Crippen molar-refractivity contribution in [2.75, 3.05) is 13.2 Å². The van der Waals surface area contributed by atoms with Crippen molar-refractivity contribution >= 4 is 17.0 Å². The van der Waals surface area contributed by atoms with Crippen LogP contribution in [0.4, 0.5) is 0 Å². The molecule has 2 aromatic rings. The van der Waals surface area contributed by atoms with Gasteiger partial charge in [0.1, 0.15) is 5.75 Å². The highest BCUT2D eigenvalue weighted by Crippen LogP contribution is 2.13. The lowest BCUT2D eigenvalue weighted by Gasteiger charge is -2.07. The molecule has 0 bridgehead atoms. The minimum absolute atomic E-state index is 0. The molecule has 0 aliphatic rings. The fourth-order valence-electron chi connectivity index (χ4n) is 1.85. The lowest BCUT2D eigenvalue weighted by molar-refractivity contribution is 0.322. The number of halogens is 1. The minimum atomic E-state index is 0. The van der Waals surface area contributed by atoms with E-state index in [1.54, 1.807) is 0 Å². The van der Waals surface area contributed by atoms with Gasteiger partial charge in [-0.05, 0) is 36.2 Å². The third-order valence-corrected chi connectivity index (χ3v) is 2.86. The average Bonchev–Trinajstić information content (AvgIpc) is 2.42. The van der Waals surface area contributed by atoms with Gasteiger partial charge in [0.15, 0.2) is 0 Å². The van der Waals surface area contributed by atoms with Crippen LogP contribution in [0.1, 0.15) is 11.1 Å². The SMILES string of the molecule is Br.NCCc1ccc(OCCc2ccccc2)cc1. The number of ether oxygens (including phenoxy) is 1. The van der Waals surface area contributed by atoms with Crippen LogP contribution in [-0.2, 0) is 12.8 Å². The lowest BCUT2D eigenvalue weighted by Crippen LogP contribution is -2.03. The predicted molar refractivity (Wildman–Crippen MR) is 85.2 cm³/mol. The molecule has 0 atom stereocenters. The summed E-state index contributed by atoms with van der Waals surface area (Å²) in [4.78, 5) is 0. The molecule has 0 aliphatic carbocycles. The summed E-state index contributed by atoms with van der Waals surface area (Å²) in [6.45, 7) is 1.40. The van der Waals surface area contributed by atoms with E-state index in [1.165, 1.54) is 11.1 Å². The van der Waals surface area contributed by atoms with Crippen molar-refractivity contribution in [1.29, 1.82) is 0 Å². The topological polar surface area (TPSA) is 35.2 Å². The van der Waals surface area contributed by atoms with E-state index in [0.717, 1.165) is 18.6 Å².